The van der Waals surface area contributed by atoms with Gasteiger partial charge >= 0.3 is 0 Å². The maximum atomic E-state index is 13.7. The van der Waals surface area contributed by atoms with Gasteiger partial charge in [-0.05, 0) is 47.4 Å². The Morgan fingerprint density at radius 1 is 0.943 bits per heavy atom. The number of amides is 2. The first-order valence-corrected chi connectivity index (χ1v) is 12.4. The number of carbonyl (C=O) groups is 2. The Hall–Kier alpha value is -3.31. The summed E-state index contributed by atoms with van der Waals surface area (Å²) in [6.07, 6.45) is 2.47. The van der Waals surface area contributed by atoms with Gasteiger partial charge in [-0.3, -0.25) is 9.59 Å². The second-order valence-corrected chi connectivity index (χ2v) is 8.96. The van der Waals surface area contributed by atoms with Crippen LogP contribution in [0.4, 0.5) is 0 Å². The van der Waals surface area contributed by atoms with Crippen LogP contribution in [-0.2, 0) is 29.0 Å². The van der Waals surface area contributed by atoms with E-state index in [4.69, 9.17) is 16.3 Å². The molecule has 0 aliphatic carbocycles. The molecule has 2 amide bonds. The number of hydrogen-bond acceptors (Lipinski definition) is 3. The molecule has 3 rings (SSSR count). The molecule has 0 aromatic heterocycles. The molecule has 0 saturated heterocycles. The van der Waals surface area contributed by atoms with Gasteiger partial charge in [0.25, 0.3) is 0 Å². The standard InChI is InChI=1S/C29H33ClN2O3/c1-3-4-17-31-29(34)27(19-22-9-6-5-7-10-22)32(21-24-11-8-12-25(30)18-24)28(33)20-23-13-15-26(35-2)16-14-23/h5-16,18,27H,3-4,17,19-21H2,1-2H3,(H,31,34). The normalized spacial score (nSPS) is 11.5. The lowest BCUT2D eigenvalue weighted by Gasteiger charge is -2.32. The van der Waals surface area contributed by atoms with Crippen LogP contribution in [0.3, 0.4) is 0 Å². The van der Waals surface area contributed by atoms with Crippen molar-refractivity contribution in [2.24, 2.45) is 0 Å². The predicted molar refractivity (Wildman–Crippen MR) is 141 cm³/mol. The first kappa shape index (κ1) is 26.3. The van der Waals surface area contributed by atoms with Gasteiger partial charge in [-0.1, -0.05) is 79.5 Å². The Morgan fingerprint density at radius 2 is 1.66 bits per heavy atom. The number of methoxy groups -OCH3 is 1. The molecule has 1 unspecified atom stereocenters. The summed E-state index contributed by atoms with van der Waals surface area (Å²) in [5, 5.41) is 3.63. The fourth-order valence-corrected chi connectivity index (χ4v) is 4.12. The molecule has 0 saturated carbocycles. The van der Waals surface area contributed by atoms with Gasteiger partial charge in [0.05, 0.1) is 13.5 Å². The first-order valence-electron chi connectivity index (χ1n) is 12.0. The number of nitrogens with one attached hydrogen (secondary N) is 1. The summed E-state index contributed by atoms with van der Waals surface area (Å²) in [6.45, 7) is 2.95. The van der Waals surface area contributed by atoms with Crippen molar-refractivity contribution >= 4 is 23.4 Å². The first-order chi connectivity index (χ1) is 17.0. The average molecular weight is 493 g/mol. The number of hydrogen-bond donors (Lipinski definition) is 1. The summed E-state index contributed by atoms with van der Waals surface area (Å²) in [5.41, 5.74) is 2.73. The lowest BCUT2D eigenvalue weighted by molar-refractivity contribution is -0.140. The minimum absolute atomic E-state index is 0.123. The van der Waals surface area contributed by atoms with Gasteiger partial charge in [-0.2, -0.15) is 0 Å². The highest BCUT2D eigenvalue weighted by Gasteiger charge is 2.30. The van der Waals surface area contributed by atoms with Gasteiger partial charge in [0.1, 0.15) is 11.8 Å². The Labute approximate surface area is 213 Å². The van der Waals surface area contributed by atoms with Gasteiger partial charge in [0.15, 0.2) is 0 Å². The van der Waals surface area contributed by atoms with E-state index in [0.29, 0.717) is 18.0 Å². The van der Waals surface area contributed by atoms with Crippen molar-refractivity contribution in [1.82, 2.24) is 10.2 Å². The van der Waals surface area contributed by atoms with Crippen molar-refractivity contribution in [3.8, 4) is 5.75 Å². The zero-order valence-electron chi connectivity index (χ0n) is 20.4. The molecule has 3 aromatic rings. The van der Waals surface area contributed by atoms with E-state index in [1.54, 1.807) is 18.1 Å². The number of unbranched alkanes of at least 4 members (excludes halogenated alkanes) is 1. The lowest BCUT2D eigenvalue weighted by atomic mass is 10.0. The molecule has 6 heteroatoms. The molecular formula is C29H33ClN2O3. The Bertz CT molecular complexity index is 1090. The predicted octanol–water partition coefficient (Wildman–Crippen LogP) is 5.45. The van der Waals surface area contributed by atoms with E-state index in [-0.39, 0.29) is 24.8 Å². The minimum Gasteiger partial charge on any atom is -0.497 e. The van der Waals surface area contributed by atoms with Crippen LogP contribution in [0, 0.1) is 0 Å². The summed E-state index contributed by atoms with van der Waals surface area (Å²) in [7, 11) is 1.61. The van der Waals surface area contributed by atoms with Gasteiger partial charge in [0.2, 0.25) is 11.8 Å². The van der Waals surface area contributed by atoms with Crippen LogP contribution >= 0.6 is 11.6 Å². The zero-order chi connectivity index (χ0) is 25.0. The van der Waals surface area contributed by atoms with E-state index in [9.17, 15) is 9.59 Å². The molecule has 184 valence electrons. The van der Waals surface area contributed by atoms with Crippen molar-refractivity contribution in [3.05, 3.63) is 101 Å². The third-order valence-corrected chi connectivity index (χ3v) is 6.09. The highest BCUT2D eigenvalue weighted by molar-refractivity contribution is 6.30. The second kappa shape index (κ2) is 13.5. The molecule has 1 atom stereocenters. The van der Waals surface area contributed by atoms with Gasteiger partial charge in [0, 0.05) is 24.5 Å². The van der Waals surface area contributed by atoms with Gasteiger partial charge in [-0.25, -0.2) is 0 Å². The third-order valence-electron chi connectivity index (χ3n) is 5.86. The van der Waals surface area contributed by atoms with E-state index in [1.165, 1.54) is 0 Å². The van der Waals surface area contributed by atoms with Crippen LogP contribution < -0.4 is 10.1 Å². The number of carbonyl (C=O) groups excluding carboxylic acids is 2. The lowest BCUT2D eigenvalue weighted by Crippen LogP contribution is -2.51. The number of halogens is 1. The van der Waals surface area contributed by atoms with Crippen molar-refractivity contribution in [2.75, 3.05) is 13.7 Å². The second-order valence-electron chi connectivity index (χ2n) is 8.53. The van der Waals surface area contributed by atoms with Crippen molar-refractivity contribution in [2.45, 2.75) is 45.2 Å². The maximum absolute atomic E-state index is 13.7. The topological polar surface area (TPSA) is 58.6 Å². The van der Waals surface area contributed by atoms with Gasteiger partial charge in [-0.15, -0.1) is 0 Å². The summed E-state index contributed by atoms with van der Waals surface area (Å²) in [4.78, 5) is 28.8. The molecule has 5 nitrogen and oxygen atoms in total. The van der Waals surface area contributed by atoms with E-state index in [0.717, 1.165) is 35.3 Å². The zero-order valence-corrected chi connectivity index (χ0v) is 21.1. The smallest absolute Gasteiger partial charge is 0.243 e. The molecule has 0 bridgehead atoms. The van der Waals surface area contributed by atoms with E-state index >= 15 is 0 Å². The third kappa shape index (κ3) is 8.15. The SMILES string of the molecule is CCCCNC(=O)C(Cc1ccccc1)N(Cc1cccc(Cl)c1)C(=O)Cc1ccc(OC)cc1. The molecule has 0 aliphatic heterocycles. The summed E-state index contributed by atoms with van der Waals surface area (Å²) < 4.78 is 5.23. The Kier molecular flexibility index (Phi) is 10.2. The van der Waals surface area contributed by atoms with Crippen molar-refractivity contribution in [1.29, 1.82) is 0 Å². The van der Waals surface area contributed by atoms with Crippen LogP contribution in [0.5, 0.6) is 5.75 Å². The van der Waals surface area contributed by atoms with E-state index < -0.39 is 6.04 Å². The highest BCUT2D eigenvalue weighted by Crippen LogP contribution is 2.19. The number of nitrogens with zero attached hydrogens (tertiary/aromatic N) is 1. The monoisotopic (exact) mass is 492 g/mol. The molecule has 3 aromatic carbocycles. The van der Waals surface area contributed by atoms with Crippen LogP contribution in [-0.4, -0.2) is 36.4 Å². The fraction of sp³-hybridized carbons (Fsp3) is 0.310. The van der Waals surface area contributed by atoms with E-state index in [2.05, 4.69) is 12.2 Å². The number of rotatable bonds is 12. The van der Waals surface area contributed by atoms with Crippen LogP contribution in [0.2, 0.25) is 5.02 Å². The summed E-state index contributed by atoms with van der Waals surface area (Å²) in [5.74, 6) is 0.461. The molecule has 0 spiro atoms. The van der Waals surface area contributed by atoms with Crippen LogP contribution in [0.25, 0.3) is 0 Å². The number of benzene rings is 3. The molecular weight excluding hydrogens is 460 g/mol. The molecule has 0 radical (unpaired) electrons. The Balaban J connectivity index is 1.92. The molecule has 0 heterocycles. The molecule has 35 heavy (non-hydrogen) atoms. The van der Waals surface area contributed by atoms with Crippen molar-refractivity contribution < 1.29 is 14.3 Å². The molecule has 0 fully saturated rings. The average Bonchev–Trinajstić information content (AvgIpc) is 2.87. The fourth-order valence-electron chi connectivity index (χ4n) is 3.91. The molecule has 0 aliphatic rings. The maximum Gasteiger partial charge on any atom is 0.243 e. The minimum atomic E-state index is -0.654. The largest absolute Gasteiger partial charge is 0.497 e. The highest BCUT2D eigenvalue weighted by atomic mass is 35.5. The number of ether oxygens (including phenoxy) is 1. The Morgan fingerprint density at radius 3 is 2.31 bits per heavy atom. The summed E-state index contributed by atoms with van der Waals surface area (Å²) >= 11 is 6.23. The van der Waals surface area contributed by atoms with Crippen LogP contribution in [0.1, 0.15) is 36.5 Å². The molecule has 1 N–H and O–H groups in total. The van der Waals surface area contributed by atoms with Gasteiger partial charge < -0.3 is 15.0 Å². The van der Waals surface area contributed by atoms with Crippen LogP contribution in [0.15, 0.2) is 78.9 Å². The van der Waals surface area contributed by atoms with E-state index in [1.807, 2.05) is 72.8 Å². The van der Waals surface area contributed by atoms with Crippen molar-refractivity contribution in [3.63, 3.8) is 0 Å². The summed E-state index contributed by atoms with van der Waals surface area (Å²) in [6, 6.07) is 24.0. The quantitative estimate of drug-likeness (QED) is 0.342.